The van der Waals surface area contributed by atoms with Crippen molar-refractivity contribution >= 4 is 64.4 Å². The van der Waals surface area contributed by atoms with E-state index in [4.69, 9.17) is 4.42 Å². The number of hydrogen-bond acceptors (Lipinski definition) is 3. The Morgan fingerprint density at radius 2 is 1.94 bits per heavy atom. The van der Waals surface area contributed by atoms with E-state index in [-0.39, 0.29) is 5.63 Å². The van der Waals surface area contributed by atoms with Crippen LogP contribution < -0.4 is 10.9 Å². The maximum absolute atomic E-state index is 11.7. The smallest absolute Gasteiger partial charge is 0.350 e. The highest BCUT2D eigenvalue weighted by Crippen LogP contribution is 2.39. The molecule has 1 heterocycles. The van der Waals surface area contributed by atoms with Crippen molar-refractivity contribution in [2.24, 2.45) is 0 Å². The van der Waals surface area contributed by atoms with E-state index < -0.39 is 0 Å². The molecule has 3 nitrogen and oxygen atoms in total. The second kappa shape index (κ2) is 5.35. The van der Waals surface area contributed by atoms with Gasteiger partial charge in [-0.3, -0.25) is 0 Å². The minimum Gasteiger partial charge on any atom is -0.421 e. The van der Waals surface area contributed by atoms with Crippen molar-refractivity contribution in [1.29, 1.82) is 0 Å². The van der Waals surface area contributed by atoms with Crippen molar-refractivity contribution in [3.05, 3.63) is 35.5 Å². The summed E-state index contributed by atoms with van der Waals surface area (Å²) >= 11 is 10.3. The summed E-state index contributed by atoms with van der Waals surface area (Å²) in [5.41, 5.74) is 1.94. The zero-order valence-corrected chi connectivity index (χ0v) is 14.5. The zero-order valence-electron chi connectivity index (χ0n) is 9.73. The van der Waals surface area contributed by atoms with Gasteiger partial charge in [-0.2, -0.15) is 0 Å². The van der Waals surface area contributed by atoms with Crippen molar-refractivity contribution in [3.63, 3.8) is 0 Å². The van der Waals surface area contributed by atoms with Crippen LogP contribution in [0.2, 0.25) is 0 Å². The van der Waals surface area contributed by atoms with Crippen LogP contribution in [0.3, 0.4) is 0 Å². The molecule has 0 unspecified atom stereocenters. The van der Waals surface area contributed by atoms with Crippen molar-refractivity contribution in [2.75, 3.05) is 11.9 Å². The van der Waals surface area contributed by atoms with Crippen LogP contribution in [-0.4, -0.2) is 6.54 Å². The summed E-state index contributed by atoms with van der Waals surface area (Å²) in [5.74, 6) is 0. The number of nitrogens with one attached hydrogen (secondary N) is 1. The highest BCUT2D eigenvalue weighted by Gasteiger charge is 2.16. The largest absolute Gasteiger partial charge is 0.421 e. The molecule has 18 heavy (non-hydrogen) atoms. The van der Waals surface area contributed by atoms with E-state index in [1.807, 2.05) is 19.9 Å². The van der Waals surface area contributed by atoms with Crippen molar-refractivity contribution in [1.82, 2.24) is 0 Å². The van der Waals surface area contributed by atoms with Gasteiger partial charge in [0.25, 0.3) is 0 Å². The lowest BCUT2D eigenvalue weighted by atomic mass is 10.1. The molecule has 0 bridgehead atoms. The molecule has 96 valence electrons. The lowest BCUT2D eigenvalue weighted by molar-refractivity contribution is 0.553. The van der Waals surface area contributed by atoms with Crippen LogP contribution in [0, 0.1) is 6.92 Å². The highest BCUT2D eigenvalue weighted by molar-refractivity contribution is 9.11. The van der Waals surface area contributed by atoms with Crippen LogP contribution in [0.1, 0.15) is 12.5 Å². The van der Waals surface area contributed by atoms with Gasteiger partial charge in [0.05, 0.1) is 10.2 Å². The number of rotatable bonds is 2. The SMILES string of the molecule is CCNc1c(Br)cc2c(C)c(Br)c(=O)oc2c1Br. The third kappa shape index (κ3) is 2.26. The fraction of sp³-hybridized carbons (Fsp3) is 0.250. The first-order chi connectivity index (χ1) is 8.47. The fourth-order valence-electron chi connectivity index (χ4n) is 1.73. The molecule has 0 aliphatic carbocycles. The van der Waals surface area contributed by atoms with Gasteiger partial charge in [-0.05, 0) is 73.3 Å². The van der Waals surface area contributed by atoms with Crippen molar-refractivity contribution in [2.45, 2.75) is 13.8 Å². The van der Waals surface area contributed by atoms with Gasteiger partial charge in [-0.15, -0.1) is 0 Å². The Morgan fingerprint density at radius 3 is 2.56 bits per heavy atom. The standard InChI is InChI=1S/C12H10Br3NO2/c1-3-16-10-7(13)4-6-5(2)8(14)12(17)18-11(6)9(10)15/h4,16H,3H2,1-2H3. The quantitative estimate of drug-likeness (QED) is 0.682. The predicted molar refractivity (Wildman–Crippen MR) is 84.5 cm³/mol. The van der Waals surface area contributed by atoms with E-state index in [9.17, 15) is 4.79 Å². The second-order valence-corrected chi connectivity index (χ2v) is 6.22. The summed E-state index contributed by atoms with van der Waals surface area (Å²) in [5, 5.41) is 4.11. The summed E-state index contributed by atoms with van der Waals surface area (Å²) in [7, 11) is 0. The summed E-state index contributed by atoms with van der Waals surface area (Å²) in [6, 6.07) is 1.95. The average Bonchev–Trinajstić information content (AvgIpc) is 2.34. The lowest BCUT2D eigenvalue weighted by Crippen LogP contribution is -2.04. The Kier molecular flexibility index (Phi) is 4.18. The normalized spacial score (nSPS) is 10.9. The van der Waals surface area contributed by atoms with Gasteiger partial charge in [0.15, 0.2) is 5.58 Å². The summed E-state index contributed by atoms with van der Waals surface area (Å²) < 4.78 is 7.47. The van der Waals surface area contributed by atoms with Crippen LogP contribution in [0.5, 0.6) is 0 Å². The maximum atomic E-state index is 11.7. The minimum atomic E-state index is -0.370. The summed E-state index contributed by atoms with van der Waals surface area (Å²) in [6.45, 7) is 4.67. The summed E-state index contributed by atoms with van der Waals surface area (Å²) in [4.78, 5) is 11.7. The third-order valence-electron chi connectivity index (χ3n) is 2.63. The van der Waals surface area contributed by atoms with Gasteiger partial charge < -0.3 is 9.73 Å². The third-order valence-corrected chi connectivity index (χ3v) is 4.93. The Bertz CT molecular complexity index is 679. The molecule has 6 heteroatoms. The molecule has 2 rings (SSSR count). The molecule has 0 fully saturated rings. The van der Waals surface area contributed by atoms with Crippen LogP contribution in [0.15, 0.2) is 28.7 Å². The topological polar surface area (TPSA) is 42.2 Å². The molecular weight excluding hydrogens is 430 g/mol. The van der Waals surface area contributed by atoms with Crippen LogP contribution in [0.4, 0.5) is 5.69 Å². The number of halogens is 3. The molecule has 0 aliphatic rings. The molecule has 0 amide bonds. The van der Waals surface area contributed by atoms with Gasteiger partial charge in [-0.25, -0.2) is 4.79 Å². The Balaban J connectivity index is 2.91. The number of benzene rings is 1. The first kappa shape index (κ1) is 14.1. The van der Waals surface area contributed by atoms with Crippen LogP contribution >= 0.6 is 47.8 Å². The van der Waals surface area contributed by atoms with Gasteiger partial charge >= 0.3 is 5.63 Å². The van der Waals surface area contributed by atoms with Crippen molar-refractivity contribution < 1.29 is 4.42 Å². The number of anilines is 1. The molecule has 0 saturated carbocycles. The molecular formula is C12H10Br3NO2. The lowest BCUT2D eigenvalue weighted by Gasteiger charge is -2.12. The molecule has 0 saturated heterocycles. The molecule has 1 aromatic carbocycles. The second-order valence-electron chi connectivity index (χ2n) is 3.78. The molecule has 0 spiro atoms. The molecule has 2 aromatic rings. The highest BCUT2D eigenvalue weighted by atomic mass is 79.9. The van der Waals surface area contributed by atoms with Crippen LogP contribution in [0.25, 0.3) is 11.0 Å². The molecule has 0 atom stereocenters. The van der Waals surface area contributed by atoms with Gasteiger partial charge in [0, 0.05) is 16.4 Å². The van der Waals surface area contributed by atoms with Crippen LogP contribution in [-0.2, 0) is 0 Å². The van der Waals surface area contributed by atoms with Gasteiger partial charge in [0.2, 0.25) is 0 Å². The molecule has 1 N–H and O–H groups in total. The zero-order chi connectivity index (χ0) is 13.4. The monoisotopic (exact) mass is 437 g/mol. The first-order valence-electron chi connectivity index (χ1n) is 5.32. The predicted octanol–water partition coefficient (Wildman–Crippen LogP) is 4.82. The Hall–Kier alpha value is -0.330. The summed E-state index contributed by atoms with van der Waals surface area (Å²) in [6.07, 6.45) is 0. The van der Waals surface area contributed by atoms with E-state index in [2.05, 4.69) is 53.1 Å². The first-order valence-corrected chi connectivity index (χ1v) is 7.70. The number of hydrogen-bond donors (Lipinski definition) is 1. The molecule has 0 aliphatic heterocycles. The minimum absolute atomic E-state index is 0.370. The van der Waals surface area contributed by atoms with E-state index in [0.29, 0.717) is 10.1 Å². The number of aryl methyl sites for hydroxylation is 1. The Morgan fingerprint density at radius 1 is 1.28 bits per heavy atom. The van der Waals surface area contributed by atoms with E-state index in [0.717, 1.165) is 32.1 Å². The average molecular weight is 440 g/mol. The van der Waals surface area contributed by atoms with Gasteiger partial charge in [-0.1, -0.05) is 0 Å². The molecule has 0 radical (unpaired) electrons. The van der Waals surface area contributed by atoms with Gasteiger partial charge in [0.1, 0.15) is 4.47 Å². The van der Waals surface area contributed by atoms with E-state index >= 15 is 0 Å². The van der Waals surface area contributed by atoms with Crippen molar-refractivity contribution in [3.8, 4) is 0 Å². The number of fused-ring (bicyclic) bond motifs is 1. The molecule has 1 aromatic heterocycles. The Labute approximate surface area is 129 Å². The maximum Gasteiger partial charge on any atom is 0.350 e. The van der Waals surface area contributed by atoms with E-state index in [1.165, 1.54) is 0 Å². The van der Waals surface area contributed by atoms with E-state index in [1.54, 1.807) is 0 Å². The fourth-order valence-corrected chi connectivity index (χ4v) is 3.50.